The zero-order chi connectivity index (χ0) is 19.0. The average molecular weight is 365 g/mol. The fraction of sp³-hybridized carbons (Fsp3) is 0.263. The fourth-order valence-corrected chi connectivity index (χ4v) is 3.28. The smallest absolute Gasteiger partial charge is 0.331 e. The number of fused-ring (bicyclic) bond motifs is 3. The monoisotopic (exact) mass is 365 g/mol. The van der Waals surface area contributed by atoms with Crippen molar-refractivity contribution in [3.05, 3.63) is 41.6 Å². The number of rotatable bonds is 5. The molecule has 0 unspecified atom stereocenters. The lowest BCUT2D eigenvalue weighted by atomic mass is 10.1. The zero-order valence-corrected chi connectivity index (χ0v) is 14.8. The summed E-state index contributed by atoms with van der Waals surface area (Å²) in [6.45, 7) is 3.81. The summed E-state index contributed by atoms with van der Waals surface area (Å²) in [5.74, 6) is 0.935. The number of carboxylic acid groups (broad SMARTS) is 1. The van der Waals surface area contributed by atoms with E-state index < -0.39 is 5.97 Å². The van der Waals surface area contributed by atoms with Gasteiger partial charge in [-0.3, -0.25) is 14.8 Å². The van der Waals surface area contributed by atoms with E-state index in [0.717, 1.165) is 29.3 Å². The van der Waals surface area contributed by atoms with Gasteiger partial charge in [0.05, 0.1) is 6.54 Å². The largest absolute Gasteiger partial charge is 0.478 e. The number of amides is 2. The topological polar surface area (TPSA) is 102 Å². The van der Waals surface area contributed by atoms with Crippen LogP contribution in [-0.2, 0) is 4.79 Å². The van der Waals surface area contributed by atoms with Crippen LogP contribution < -0.4 is 4.90 Å². The predicted molar refractivity (Wildman–Crippen MR) is 102 cm³/mol. The van der Waals surface area contributed by atoms with E-state index in [1.54, 1.807) is 9.80 Å². The number of benzene rings is 1. The number of H-pyrrole nitrogens is 1. The predicted octanol–water partition coefficient (Wildman–Crippen LogP) is 2.59. The third kappa shape index (κ3) is 2.99. The highest BCUT2D eigenvalue weighted by Gasteiger charge is 2.39. The van der Waals surface area contributed by atoms with Crippen LogP contribution in [-0.4, -0.2) is 57.4 Å². The maximum Gasteiger partial charge on any atom is 0.331 e. The number of aromatic amines is 1. The number of nitrogens with zero attached hydrogens (tertiary/aromatic N) is 4. The first kappa shape index (κ1) is 17.0. The Kier molecular flexibility index (Phi) is 4.23. The Morgan fingerprint density at radius 3 is 2.81 bits per heavy atom. The summed E-state index contributed by atoms with van der Waals surface area (Å²) in [5.41, 5.74) is 2.41. The molecule has 0 fully saturated rings. The van der Waals surface area contributed by atoms with Crippen molar-refractivity contribution >= 4 is 29.7 Å². The van der Waals surface area contributed by atoms with Gasteiger partial charge in [0.1, 0.15) is 11.5 Å². The van der Waals surface area contributed by atoms with Crippen LogP contribution in [0.4, 0.5) is 10.6 Å². The quantitative estimate of drug-likeness (QED) is 0.795. The van der Waals surface area contributed by atoms with Gasteiger partial charge < -0.3 is 10.1 Å². The second-order valence-corrected chi connectivity index (χ2v) is 6.37. The lowest BCUT2D eigenvalue weighted by Gasteiger charge is -2.31. The van der Waals surface area contributed by atoms with E-state index in [-0.39, 0.29) is 6.03 Å². The van der Waals surface area contributed by atoms with Gasteiger partial charge in [0.2, 0.25) is 0 Å². The van der Waals surface area contributed by atoms with E-state index in [1.807, 2.05) is 31.2 Å². The Balaban J connectivity index is 1.70. The van der Waals surface area contributed by atoms with E-state index in [2.05, 4.69) is 15.0 Å². The molecule has 0 radical (unpaired) electrons. The Bertz CT molecular complexity index is 958. The van der Waals surface area contributed by atoms with Gasteiger partial charge in [-0.25, -0.2) is 14.6 Å². The summed E-state index contributed by atoms with van der Waals surface area (Å²) >= 11 is 0. The van der Waals surface area contributed by atoms with Crippen molar-refractivity contribution in [2.75, 3.05) is 24.5 Å². The number of carboxylic acids is 1. The first-order valence-corrected chi connectivity index (χ1v) is 8.83. The van der Waals surface area contributed by atoms with Crippen LogP contribution in [0.25, 0.3) is 17.5 Å². The van der Waals surface area contributed by atoms with Crippen molar-refractivity contribution < 1.29 is 14.7 Å². The minimum Gasteiger partial charge on any atom is -0.478 e. The maximum absolute atomic E-state index is 12.7. The number of carbonyl (C=O) groups is 2. The second-order valence-electron chi connectivity index (χ2n) is 6.37. The molecular formula is C19H19N5O3. The van der Waals surface area contributed by atoms with Gasteiger partial charge in [0, 0.05) is 24.7 Å². The number of hydrogen-bond acceptors (Lipinski definition) is 4. The molecule has 0 saturated carbocycles. The molecule has 3 heterocycles. The highest BCUT2D eigenvalue weighted by Crippen LogP contribution is 2.32. The Hall–Kier alpha value is -3.42. The first-order valence-electron chi connectivity index (χ1n) is 8.83. The average Bonchev–Trinajstić information content (AvgIpc) is 3.31. The summed E-state index contributed by atoms with van der Waals surface area (Å²) in [4.78, 5) is 39.2. The number of imidazole rings is 1. The van der Waals surface area contributed by atoms with Gasteiger partial charge in [-0.15, -0.1) is 0 Å². The highest BCUT2D eigenvalue weighted by molar-refractivity contribution is 6.18. The molecule has 138 valence electrons. The summed E-state index contributed by atoms with van der Waals surface area (Å²) in [6.07, 6.45) is 3.46. The molecule has 8 nitrogen and oxygen atoms in total. The van der Waals surface area contributed by atoms with E-state index in [4.69, 9.17) is 5.11 Å². The molecule has 0 saturated heterocycles. The van der Waals surface area contributed by atoms with E-state index in [1.165, 1.54) is 6.08 Å². The normalized spacial score (nSPS) is 15.9. The molecule has 2 aliphatic heterocycles. The Morgan fingerprint density at radius 2 is 2.11 bits per heavy atom. The third-order valence-electron chi connectivity index (χ3n) is 4.52. The number of aromatic nitrogens is 2. The Morgan fingerprint density at radius 1 is 1.33 bits per heavy atom. The van der Waals surface area contributed by atoms with Gasteiger partial charge in [-0.2, -0.15) is 0 Å². The number of urea groups is 1. The number of nitrogens with one attached hydrogen (secondary N) is 1. The lowest BCUT2D eigenvalue weighted by Crippen LogP contribution is -2.50. The van der Waals surface area contributed by atoms with Crippen LogP contribution in [0.1, 0.15) is 24.6 Å². The van der Waals surface area contributed by atoms with Gasteiger partial charge in [0.15, 0.2) is 11.7 Å². The fourth-order valence-electron chi connectivity index (χ4n) is 3.28. The maximum atomic E-state index is 12.7. The minimum atomic E-state index is -0.986. The summed E-state index contributed by atoms with van der Waals surface area (Å²) in [7, 11) is 0. The second kappa shape index (κ2) is 6.71. The molecule has 0 aliphatic carbocycles. The van der Waals surface area contributed by atoms with Crippen molar-refractivity contribution in [3.8, 4) is 11.4 Å². The molecule has 27 heavy (non-hydrogen) atoms. The molecule has 2 aliphatic rings. The van der Waals surface area contributed by atoms with Gasteiger partial charge in [0.25, 0.3) is 0 Å². The van der Waals surface area contributed by atoms with Gasteiger partial charge in [-0.05, 0) is 18.1 Å². The van der Waals surface area contributed by atoms with Gasteiger partial charge >= 0.3 is 12.0 Å². The van der Waals surface area contributed by atoms with E-state index in [0.29, 0.717) is 37.1 Å². The molecule has 1 aromatic carbocycles. The molecule has 0 spiro atoms. The zero-order valence-electron chi connectivity index (χ0n) is 14.8. The number of aliphatic carboxylic acids is 1. The standard InChI is InChI=1S/C19H19N5O3/c1-2-10-23-18-15(17-20-9-11-24(17)19(23)27)21-16(22-18)13-6-3-12(4-7-13)5-8-14(25)26/h3-8H,2,9-11H2,1H3,(H,21,22)(H,25,26)/b8-5+. The van der Waals surface area contributed by atoms with Crippen LogP contribution in [0.15, 0.2) is 35.3 Å². The molecule has 4 rings (SSSR count). The first-order chi connectivity index (χ1) is 13.1. The number of carbonyl (C=O) groups excluding carboxylic acids is 1. The summed E-state index contributed by atoms with van der Waals surface area (Å²) in [6, 6.07) is 7.31. The van der Waals surface area contributed by atoms with Crippen LogP contribution in [0.3, 0.4) is 0 Å². The number of anilines is 1. The highest BCUT2D eigenvalue weighted by atomic mass is 16.4. The molecule has 2 amide bonds. The molecule has 0 atom stereocenters. The number of hydrogen-bond donors (Lipinski definition) is 2. The molecule has 8 heteroatoms. The van der Waals surface area contributed by atoms with Crippen LogP contribution in [0, 0.1) is 0 Å². The Labute approximate surface area is 155 Å². The molecule has 0 bridgehead atoms. The lowest BCUT2D eigenvalue weighted by molar-refractivity contribution is -0.131. The van der Waals surface area contributed by atoms with Crippen molar-refractivity contribution in [2.45, 2.75) is 13.3 Å². The molecule has 1 aromatic heterocycles. The summed E-state index contributed by atoms with van der Waals surface area (Å²) < 4.78 is 0. The number of aliphatic imine (C=N–C) groups is 1. The third-order valence-corrected chi connectivity index (χ3v) is 4.52. The van der Waals surface area contributed by atoms with Crippen molar-refractivity contribution in [1.29, 1.82) is 0 Å². The molecular weight excluding hydrogens is 346 g/mol. The van der Waals surface area contributed by atoms with Gasteiger partial charge in [-0.1, -0.05) is 31.2 Å². The minimum absolute atomic E-state index is 0.0761. The molecule has 2 aromatic rings. The van der Waals surface area contributed by atoms with E-state index in [9.17, 15) is 9.59 Å². The van der Waals surface area contributed by atoms with Crippen LogP contribution >= 0.6 is 0 Å². The van der Waals surface area contributed by atoms with E-state index >= 15 is 0 Å². The van der Waals surface area contributed by atoms with Crippen LogP contribution in [0.2, 0.25) is 0 Å². The summed E-state index contributed by atoms with van der Waals surface area (Å²) in [5, 5.41) is 8.72. The van der Waals surface area contributed by atoms with Crippen LogP contribution in [0.5, 0.6) is 0 Å². The van der Waals surface area contributed by atoms with Crippen molar-refractivity contribution in [2.24, 2.45) is 4.99 Å². The van der Waals surface area contributed by atoms with Crippen molar-refractivity contribution in [1.82, 2.24) is 14.9 Å². The molecule has 2 N–H and O–H groups in total. The number of amidine groups is 1. The SMILES string of the molecule is CCCN1C(=O)N2CCN=C2c2[nH]c(-c3ccc(/C=C/C(=O)O)cc3)nc21. The van der Waals surface area contributed by atoms with Crippen molar-refractivity contribution in [3.63, 3.8) is 0 Å².